The second-order valence-electron chi connectivity index (χ2n) is 8.26. The van der Waals surface area contributed by atoms with E-state index in [1.165, 1.54) is 6.07 Å². The number of carboxylic acid groups (broad SMARTS) is 1. The third-order valence-electron chi connectivity index (χ3n) is 5.84. The van der Waals surface area contributed by atoms with Crippen LogP contribution in [0.1, 0.15) is 35.2 Å². The lowest BCUT2D eigenvalue weighted by Gasteiger charge is -2.10. The number of fused-ring (bicyclic) bond motifs is 1. The van der Waals surface area contributed by atoms with Crippen molar-refractivity contribution in [3.05, 3.63) is 93.9 Å². The number of halogens is 2. The first-order valence-corrected chi connectivity index (χ1v) is 12.1. The van der Waals surface area contributed by atoms with Crippen molar-refractivity contribution in [2.24, 2.45) is 0 Å². The first-order chi connectivity index (χ1) is 17.4. The third-order valence-corrected chi connectivity index (χ3v) is 6.47. The third kappa shape index (κ3) is 4.70. The highest BCUT2D eigenvalue weighted by Gasteiger charge is 2.22. The van der Waals surface area contributed by atoms with Gasteiger partial charge in [0.1, 0.15) is 29.4 Å². The van der Waals surface area contributed by atoms with Crippen LogP contribution >= 0.6 is 23.2 Å². The summed E-state index contributed by atoms with van der Waals surface area (Å²) in [5, 5.41) is 15.1. The molecule has 0 spiro atoms. The summed E-state index contributed by atoms with van der Waals surface area (Å²) in [6.07, 6.45) is 1.61. The van der Waals surface area contributed by atoms with Crippen molar-refractivity contribution in [1.82, 2.24) is 5.16 Å². The van der Waals surface area contributed by atoms with E-state index in [0.29, 0.717) is 39.1 Å². The van der Waals surface area contributed by atoms with Crippen molar-refractivity contribution >= 4 is 40.1 Å². The van der Waals surface area contributed by atoms with Crippen LogP contribution in [-0.4, -0.2) is 16.2 Å². The van der Waals surface area contributed by atoms with Crippen LogP contribution < -0.4 is 4.74 Å². The van der Waals surface area contributed by atoms with Gasteiger partial charge < -0.3 is 18.8 Å². The molecule has 182 valence electrons. The number of aromatic carboxylic acids is 1. The molecule has 6 nitrogen and oxygen atoms in total. The molecule has 0 radical (unpaired) electrons. The summed E-state index contributed by atoms with van der Waals surface area (Å²) in [4.78, 5) is 11.2. The minimum Gasteiger partial charge on any atom is -0.489 e. The Labute approximate surface area is 217 Å². The minimum atomic E-state index is -1.09. The smallest absolute Gasteiger partial charge is 0.371 e. The maximum Gasteiger partial charge on any atom is 0.371 e. The van der Waals surface area contributed by atoms with E-state index in [4.69, 9.17) is 42.0 Å². The summed E-state index contributed by atoms with van der Waals surface area (Å²) in [6, 6.07) is 20.1. The maximum absolute atomic E-state index is 11.2. The lowest BCUT2D eigenvalue weighted by atomic mass is 10.0. The lowest BCUT2D eigenvalue weighted by Crippen LogP contribution is -2.00. The Morgan fingerprint density at radius 1 is 1.00 bits per heavy atom. The Kier molecular flexibility index (Phi) is 6.72. The van der Waals surface area contributed by atoms with Crippen molar-refractivity contribution in [3.8, 4) is 28.1 Å². The van der Waals surface area contributed by atoms with Crippen molar-refractivity contribution in [3.63, 3.8) is 0 Å². The second-order valence-corrected chi connectivity index (χ2v) is 9.08. The molecule has 0 bridgehead atoms. The van der Waals surface area contributed by atoms with Gasteiger partial charge in [0.05, 0.1) is 15.6 Å². The number of furan rings is 1. The van der Waals surface area contributed by atoms with Gasteiger partial charge in [0.15, 0.2) is 0 Å². The Hall–Kier alpha value is -3.74. The molecule has 0 unspecified atom stereocenters. The van der Waals surface area contributed by atoms with Crippen molar-refractivity contribution in [2.45, 2.75) is 26.4 Å². The number of aryl methyl sites for hydroxylation is 1. The van der Waals surface area contributed by atoms with Crippen LogP contribution in [0, 0.1) is 0 Å². The van der Waals surface area contributed by atoms with Crippen LogP contribution in [0.25, 0.3) is 33.4 Å². The van der Waals surface area contributed by atoms with Crippen LogP contribution in [0.15, 0.2) is 75.7 Å². The fourth-order valence-corrected chi connectivity index (χ4v) is 4.64. The molecule has 2 aromatic heterocycles. The van der Waals surface area contributed by atoms with E-state index in [0.717, 1.165) is 34.3 Å². The molecular weight excluding hydrogens is 501 g/mol. The van der Waals surface area contributed by atoms with Crippen LogP contribution in [0.5, 0.6) is 5.75 Å². The second kappa shape index (κ2) is 10.1. The van der Waals surface area contributed by atoms with E-state index in [9.17, 15) is 4.79 Å². The Morgan fingerprint density at radius 3 is 2.42 bits per heavy atom. The van der Waals surface area contributed by atoms with E-state index in [1.54, 1.807) is 24.3 Å². The zero-order valence-corrected chi connectivity index (χ0v) is 20.8. The molecule has 5 rings (SSSR count). The lowest BCUT2D eigenvalue weighted by molar-refractivity contribution is 0.0665. The molecule has 0 fully saturated rings. The Bertz CT molecular complexity index is 1530. The predicted molar refractivity (Wildman–Crippen MR) is 139 cm³/mol. The Balaban J connectivity index is 1.38. The molecular formula is C28H21Cl2NO5. The largest absolute Gasteiger partial charge is 0.489 e. The molecule has 5 aromatic rings. The molecule has 36 heavy (non-hydrogen) atoms. The van der Waals surface area contributed by atoms with Gasteiger partial charge in [-0.05, 0) is 60.0 Å². The number of nitrogens with zero attached hydrogens (tertiary/aromatic N) is 1. The highest BCUT2D eigenvalue weighted by molar-refractivity contribution is 6.39. The van der Waals surface area contributed by atoms with E-state index in [1.807, 2.05) is 36.4 Å². The zero-order valence-electron chi connectivity index (χ0n) is 19.3. The van der Waals surface area contributed by atoms with Gasteiger partial charge in [0, 0.05) is 17.4 Å². The van der Waals surface area contributed by atoms with Gasteiger partial charge >= 0.3 is 5.97 Å². The van der Waals surface area contributed by atoms with Gasteiger partial charge in [0.25, 0.3) is 0 Å². The molecule has 0 saturated carbocycles. The number of benzene rings is 3. The van der Waals surface area contributed by atoms with E-state index in [2.05, 4.69) is 12.1 Å². The maximum atomic E-state index is 11.2. The van der Waals surface area contributed by atoms with Crippen LogP contribution in [-0.2, 0) is 13.0 Å². The van der Waals surface area contributed by atoms with Gasteiger partial charge in [0.2, 0.25) is 5.76 Å². The highest BCUT2D eigenvalue weighted by atomic mass is 35.5. The zero-order chi connectivity index (χ0) is 25.2. The normalized spacial score (nSPS) is 11.2. The quantitative estimate of drug-likeness (QED) is 0.221. The average Bonchev–Trinajstić information content (AvgIpc) is 3.47. The minimum absolute atomic E-state index is 0.0838. The molecule has 0 aliphatic heterocycles. The van der Waals surface area contributed by atoms with Crippen molar-refractivity contribution < 1.29 is 23.6 Å². The summed E-state index contributed by atoms with van der Waals surface area (Å²) in [5.74, 6) is 0.245. The molecule has 0 amide bonds. The van der Waals surface area contributed by atoms with Gasteiger partial charge in [-0.25, -0.2) is 4.79 Å². The first kappa shape index (κ1) is 24.0. The molecule has 2 heterocycles. The first-order valence-electron chi connectivity index (χ1n) is 11.4. The van der Waals surface area contributed by atoms with Gasteiger partial charge in [-0.2, -0.15) is 0 Å². The van der Waals surface area contributed by atoms with Crippen molar-refractivity contribution in [2.75, 3.05) is 0 Å². The number of hydrogen-bond acceptors (Lipinski definition) is 5. The number of rotatable bonds is 8. The van der Waals surface area contributed by atoms with Gasteiger partial charge in [-0.1, -0.05) is 59.5 Å². The van der Waals surface area contributed by atoms with E-state index < -0.39 is 5.97 Å². The summed E-state index contributed by atoms with van der Waals surface area (Å²) in [6.45, 7) is 2.31. The molecule has 3 aromatic carbocycles. The summed E-state index contributed by atoms with van der Waals surface area (Å²) < 4.78 is 17.1. The SMILES string of the molecule is CCCc1onc(-c2c(Cl)cccc2Cl)c1COc1ccc(-c2ccc3oc(C(=O)O)cc3c2)cc1. The molecule has 1 N–H and O–H groups in total. The Morgan fingerprint density at radius 2 is 1.72 bits per heavy atom. The number of aromatic nitrogens is 1. The highest BCUT2D eigenvalue weighted by Crippen LogP contribution is 2.37. The molecule has 0 aliphatic carbocycles. The fraction of sp³-hybridized carbons (Fsp3) is 0.143. The molecule has 0 aliphatic rings. The number of carbonyl (C=O) groups is 1. The molecule has 0 atom stereocenters. The monoisotopic (exact) mass is 521 g/mol. The summed E-state index contributed by atoms with van der Waals surface area (Å²) >= 11 is 12.9. The predicted octanol–water partition coefficient (Wildman–Crippen LogP) is 8.29. The average molecular weight is 522 g/mol. The van der Waals surface area contributed by atoms with E-state index in [-0.39, 0.29) is 12.4 Å². The van der Waals surface area contributed by atoms with Crippen LogP contribution in [0.2, 0.25) is 10.0 Å². The number of ether oxygens (including phenoxy) is 1. The van der Waals surface area contributed by atoms with Crippen LogP contribution in [0.3, 0.4) is 0 Å². The number of hydrogen-bond donors (Lipinski definition) is 1. The van der Waals surface area contributed by atoms with Crippen molar-refractivity contribution in [1.29, 1.82) is 0 Å². The summed E-state index contributed by atoms with van der Waals surface area (Å²) in [7, 11) is 0. The number of carboxylic acids is 1. The van der Waals surface area contributed by atoms with Gasteiger partial charge in [-0.3, -0.25) is 0 Å². The summed E-state index contributed by atoms with van der Waals surface area (Å²) in [5.41, 5.74) is 4.45. The van der Waals surface area contributed by atoms with Gasteiger partial charge in [-0.15, -0.1) is 0 Å². The fourth-order valence-electron chi connectivity index (χ4n) is 4.06. The van der Waals surface area contributed by atoms with E-state index >= 15 is 0 Å². The molecule has 8 heteroatoms. The topological polar surface area (TPSA) is 85.7 Å². The molecule has 0 saturated heterocycles. The standard InChI is InChI=1S/C28H21Cl2NO5/c1-2-4-24-20(27(31-36-24)26-21(29)5-3-6-22(26)30)15-34-19-10-7-16(8-11-19)17-9-12-23-18(13-17)14-25(35-23)28(32)33/h3,5-14H,2,4,15H2,1H3,(H,32,33). The van der Waals surface area contributed by atoms with Crippen LogP contribution in [0.4, 0.5) is 0 Å².